The van der Waals surface area contributed by atoms with Crippen molar-refractivity contribution in [3.63, 3.8) is 0 Å². The van der Waals surface area contributed by atoms with Crippen LogP contribution in [0.4, 0.5) is 4.79 Å². The van der Waals surface area contributed by atoms with Gasteiger partial charge in [0, 0.05) is 25.8 Å². The van der Waals surface area contributed by atoms with Crippen LogP contribution in [-0.4, -0.2) is 52.0 Å². The molecular weight excluding hydrogens is 258 g/mol. The van der Waals surface area contributed by atoms with Gasteiger partial charge in [0.2, 0.25) is 0 Å². The average molecular weight is 279 g/mol. The number of urea groups is 1. The van der Waals surface area contributed by atoms with Crippen molar-refractivity contribution in [2.75, 3.05) is 20.1 Å². The fourth-order valence-electron chi connectivity index (χ4n) is 1.80. The van der Waals surface area contributed by atoms with Gasteiger partial charge in [0.25, 0.3) is 0 Å². The number of pyridine rings is 1. The molecule has 0 unspecified atom stereocenters. The average Bonchev–Trinajstić information content (AvgIpc) is 2.41. The summed E-state index contributed by atoms with van der Waals surface area (Å²) in [5.41, 5.74) is 1.73. The first-order valence-corrected chi connectivity index (χ1v) is 6.58. The van der Waals surface area contributed by atoms with E-state index < -0.39 is 5.97 Å². The Morgan fingerprint density at radius 1 is 1.35 bits per heavy atom. The minimum Gasteiger partial charge on any atom is -0.481 e. The third-order valence-electron chi connectivity index (χ3n) is 2.94. The van der Waals surface area contributed by atoms with E-state index in [9.17, 15) is 9.59 Å². The van der Waals surface area contributed by atoms with Gasteiger partial charge in [-0.15, -0.1) is 0 Å². The summed E-state index contributed by atoms with van der Waals surface area (Å²) in [5.74, 6) is -0.909. The monoisotopic (exact) mass is 279 g/mol. The highest BCUT2D eigenvalue weighted by Crippen LogP contribution is 2.06. The van der Waals surface area contributed by atoms with Crippen LogP contribution < -0.4 is 0 Å². The smallest absolute Gasteiger partial charge is 0.320 e. The molecule has 1 aromatic heterocycles. The van der Waals surface area contributed by atoms with E-state index in [0.717, 1.165) is 11.4 Å². The van der Waals surface area contributed by atoms with Crippen LogP contribution in [0.5, 0.6) is 0 Å². The second-order valence-electron chi connectivity index (χ2n) is 4.63. The number of amides is 2. The van der Waals surface area contributed by atoms with E-state index in [0.29, 0.717) is 13.1 Å². The van der Waals surface area contributed by atoms with E-state index >= 15 is 0 Å². The lowest BCUT2D eigenvalue weighted by Crippen LogP contribution is -2.41. The van der Waals surface area contributed by atoms with Crippen LogP contribution in [0.25, 0.3) is 0 Å². The second kappa shape index (κ2) is 7.47. The number of carboxylic acids is 1. The molecule has 110 valence electrons. The van der Waals surface area contributed by atoms with Gasteiger partial charge in [0.05, 0.1) is 18.7 Å². The van der Waals surface area contributed by atoms with Gasteiger partial charge in [-0.05, 0) is 26.0 Å². The summed E-state index contributed by atoms with van der Waals surface area (Å²) in [6.45, 7) is 4.96. The number of aromatic nitrogens is 1. The highest BCUT2D eigenvalue weighted by molar-refractivity contribution is 5.75. The van der Waals surface area contributed by atoms with Gasteiger partial charge in [-0.1, -0.05) is 6.07 Å². The molecule has 0 spiro atoms. The molecule has 0 aromatic carbocycles. The summed E-state index contributed by atoms with van der Waals surface area (Å²) in [6.07, 6.45) is -0.0531. The molecule has 0 atom stereocenters. The number of hydrogen-bond acceptors (Lipinski definition) is 3. The lowest BCUT2D eigenvalue weighted by molar-refractivity contribution is -0.137. The van der Waals surface area contributed by atoms with Crippen LogP contribution in [0.3, 0.4) is 0 Å². The van der Waals surface area contributed by atoms with E-state index in [1.165, 1.54) is 4.90 Å². The van der Waals surface area contributed by atoms with Gasteiger partial charge in [0.1, 0.15) is 0 Å². The lowest BCUT2D eigenvalue weighted by Gasteiger charge is -2.26. The molecule has 1 rings (SSSR count). The molecule has 1 aromatic rings. The Morgan fingerprint density at radius 2 is 2.05 bits per heavy atom. The molecule has 2 amide bonds. The van der Waals surface area contributed by atoms with E-state index in [1.807, 2.05) is 32.0 Å². The summed E-state index contributed by atoms with van der Waals surface area (Å²) in [7, 11) is 1.61. The van der Waals surface area contributed by atoms with Gasteiger partial charge in [-0.3, -0.25) is 9.78 Å². The quantitative estimate of drug-likeness (QED) is 0.860. The van der Waals surface area contributed by atoms with E-state index in [2.05, 4.69) is 4.98 Å². The summed E-state index contributed by atoms with van der Waals surface area (Å²) in [4.78, 5) is 30.2. The van der Waals surface area contributed by atoms with Crippen LogP contribution >= 0.6 is 0 Å². The van der Waals surface area contributed by atoms with Crippen molar-refractivity contribution < 1.29 is 14.7 Å². The molecular formula is C14H21N3O3. The molecule has 0 aliphatic carbocycles. The summed E-state index contributed by atoms with van der Waals surface area (Å²) in [5, 5.41) is 8.64. The second-order valence-corrected chi connectivity index (χ2v) is 4.63. The molecule has 6 heteroatoms. The maximum absolute atomic E-state index is 12.2. The normalized spacial score (nSPS) is 10.2. The maximum atomic E-state index is 12.2. The van der Waals surface area contributed by atoms with Crippen molar-refractivity contribution in [1.82, 2.24) is 14.8 Å². The highest BCUT2D eigenvalue weighted by Gasteiger charge is 2.17. The molecule has 0 radical (unpaired) electrons. The number of carboxylic acid groups (broad SMARTS) is 1. The number of carbonyl (C=O) groups is 2. The van der Waals surface area contributed by atoms with Crippen molar-refractivity contribution in [1.29, 1.82) is 0 Å². The summed E-state index contributed by atoms with van der Waals surface area (Å²) < 4.78 is 0. The fourth-order valence-corrected chi connectivity index (χ4v) is 1.80. The highest BCUT2D eigenvalue weighted by atomic mass is 16.4. The lowest BCUT2D eigenvalue weighted by atomic mass is 10.3. The molecule has 0 saturated carbocycles. The zero-order valence-electron chi connectivity index (χ0n) is 12.2. The Kier molecular flexibility index (Phi) is 5.96. The van der Waals surface area contributed by atoms with Crippen molar-refractivity contribution >= 4 is 12.0 Å². The largest absolute Gasteiger partial charge is 0.481 e. The van der Waals surface area contributed by atoms with Crippen LogP contribution in [0.15, 0.2) is 18.2 Å². The first-order valence-electron chi connectivity index (χ1n) is 6.58. The van der Waals surface area contributed by atoms with Crippen molar-refractivity contribution in [2.45, 2.75) is 26.8 Å². The number of aliphatic carboxylic acids is 1. The molecule has 1 heterocycles. The zero-order chi connectivity index (χ0) is 15.1. The van der Waals surface area contributed by atoms with E-state index in [1.54, 1.807) is 11.9 Å². The van der Waals surface area contributed by atoms with Crippen molar-refractivity contribution in [3.8, 4) is 0 Å². The minimum absolute atomic E-state index is 0.0531. The third kappa shape index (κ3) is 4.87. The number of hydrogen-bond donors (Lipinski definition) is 1. The van der Waals surface area contributed by atoms with Gasteiger partial charge >= 0.3 is 12.0 Å². The Morgan fingerprint density at radius 3 is 2.60 bits per heavy atom. The van der Waals surface area contributed by atoms with Crippen molar-refractivity contribution in [3.05, 3.63) is 29.6 Å². The SMILES string of the molecule is CCN(Cc1cccc(C)n1)C(=O)N(C)CCC(=O)O. The predicted octanol–water partition coefficient (Wildman–Crippen LogP) is 1.74. The van der Waals surface area contributed by atoms with Crippen LogP contribution in [0.1, 0.15) is 24.7 Å². The molecule has 0 saturated heterocycles. The predicted molar refractivity (Wildman–Crippen MR) is 75.3 cm³/mol. The minimum atomic E-state index is -0.909. The van der Waals surface area contributed by atoms with Crippen LogP contribution in [-0.2, 0) is 11.3 Å². The van der Waals surface area contributed by atoms with Crippen LogP contribution in [0, 0.1) is 6.92 Å². The van der Waals surface area contributed by atoms with Crippen molar-refractivity contribution in [2.24, 2.45) is 0 Å². The Balaban J connectivity index is 2.65. The number of nitrogens with zero attached hydrogens (tertiary/aromatic N) is 3. The first-order chi connectivity index (χ1) is 9.43. The topological polar surface area (TPSA) is 73.7 Å². The molecule has 0 aliphatic heterocycles. The van der Waals surface area contributed by atoms with Gasteiger partial charge < -0.3 is 14.9 Å². The third-order valence-corrected chi connectivity index (χ3v) is 2.94. The van der Waals surface area contributed by atoms with E-state index in [-0.39, 0.29) is 19.0 Å². The Labute approximate surface area is 119 Å². The molecule has 0 fully saturated rings. The standard InChI is InChI=1S/C14H21N3O3/c1-4-17(10-12-7-5-6-11(2)15-12)14(20)16(3)9-8-13(18)19/h5-7H,4,8-10H2,1-3H3,(H,18,19). The Hall–Kier alpha value is -2.11. The number of rotatable bonds is 6. The molecule has 0 aliphatic rings. The van der Waals surface area contributed by atoms with E-state index in [4.69, 9.17) is 5.11 Å². The van der Waals surface area contributed by atoms with Gasteiger partial charge in [-0.2, -0.15) is 0 Å². The first kappa shape index (κ1) is 15.9. The molecule has 20 heavy (non-hydrogen) atoms. The van der Waals surface area contributed by atoms with Gasteiger partial charge in [-0.25, -0.2) is 4.79 Å². The molecule has 1 N–H and O–H groups in total. The summed E-state index contributed by atoms with van der Waals surface area (Å²) >= 11 is 0. The Bertz CT molecular complexity index is 476. The van der Waals surface area contributed by atoms with Crippen LogP contribution in [0.2, 0.25) is 0 Å². The molecule has 6 nitrogen and oxygen atoms in total. The fraction of sp³-hybridized carbons (Fsp3) is 0.500. The molecule has 0 bridgehead atoms. The zero-order valence-corrected chi connectivity index (χ0v) is 12.2. The maximum Gasteiger partial charge on any atom is 0.320 e. The number of aryl methyl sites for hydroxylation is 1. The number of carbonyl (C=O) groups excluding carboxylic acids is 1. The summed E-state index contributed by atoms with van der Waals surface area (Å²) in [6, 6.07) is 5.50. The van der Waals surface area contributed by atoms with Gasteiger partial charge in [0.15, 0.2) is 0 Å².